The molecule has 3 rings (SSSR count). The van der Waals surface area contributed by atoms with Crippen molar-refractivity contribution in [2.75, 3.05) is 13.1 Å². The summed E-state index contributed by atoms with van der Waals surface area (Å²) in [6, 6.07) is 6.36. The maximum atomic E-state index is 12.6. The summed E-state index contributed by atoms with van der Waals surface area (Å²) in [6.45, 7) is 7.44. The van der Waals surface area contributed by atoms with E-state index in [0.29, 0.717) is 0 Å². The molecule has 1 aliphatic heterocycles. The molecule has 0 radical (unpaired) electrons. The zero-order valence-electron chi connectivity index (χ0n) is 17.8. The van der Waals surface area contributed by atoms with Crippen LogP contribution in [0.4, 0.5) is 18.0 Å². The first kappa shape index (κ1) is 22.7. The predicted molar refractivity (Wildman–Crippen MR) is 107 cm³/mol. The van der Waals surface area contributed by atoms with Gasteiger partial charge in [0.05, 0.1) is 0 Å². The van der Waals surface area contributed by atoms with Crippen molar-refractivity contribution in [1.29, 1.82) is 0 Å². The Hall–Kier alpha value is -1.96. The molecule has 5 nitrogen and oxygen atoms in total. The molecule has 1 aromatic rings. The second kappa shape index (κ2) is 9.04. The number of rotatable bonds is 4. The fraction of sp³-hybridized carbons (Fsp3) is 0.682. The van der Waals surface area contributed by atoms with Crippen molar-refractivity contribution in [3.05, 3.63) is 29.8 Å². The van der Waals surface area contributed by atoms with E-state index in [-0.39, 0.29) is 23.8 Å². The number of alkyl halides is 3. The summed E-state index contributed by atoms with van der Waals surface area (Å²) in [5.74, 6) is -0.0733. The molecule has 1 aromatic carbocycles. The molecule has 8 heteroatoms. The molecule has 2 fully saturated rings. The summed E-state index contributed by atoms with van der Waals surface area (Å²) in [5, 5.41) is 3.04. The molecule has 0 aromatic heterocycles. The molecule has 1 unspecified atom stereocenters. The van der Waals surface area contributed by atoms with E-state index in [2.05, 4.69) is 15.0 Å². The average Bonchev–Trinajstić information content (AvgIpc) is 3.13. The van der Waals surface area contributed by atoms with Gasteiger partial charge in [-0.3, -0.25) is 4.90 Å². The van der Waals surface area contributed by atoms with Gasteiger partial charge in [0.15, 0.2) is 0 Å². The number of amides is 1. The molecular formula is C22H31F3N2O3. The molecule has 1 saturated heterocycles. The van der Waals surface area contributed by atoms with E-state index in [9.17, 15) is 18.0 Å². The number of hydrogen-bond acceptors (Lipinski definition) is 4. The smallest absolute Gasteiger partial charge is 0.444 e. The Labute approximate surface area is 175 Å². The van der Waals surface area contributed by atoms with Crippen molar-refractivity contribution in [3.63, 3.8) is 0 Å². The zero-order chi connectivity index (χ0) is 21.9. The number of ether oxygens (including phenoxy) is 2. The van der Waals surface area contributed by atoms with Crippen LogP contribution >= 0.6 is 0 Å². The van der Waals surface area contributed by atoms with Gasteiger partial charge in [-0.1, -0.05) is 12.1 Å². The molecule has 0 spiro atoms. The molecule has 1 N–H and O–H groups in total. The van der Waals surface area contributed by atoms with Gasteiger partial charge >= 0.3 is 12.5 Å². The first-order valence-electron chi connectivity index (χ1n) is 10.6. The maximum absolute atomic E-state index is 12.6. The summed E-state index contributed by atoms with van der Waals surface area (Å²) in [4.78, 5) is 14.7. The fourth-order valence-corrected chi connectivity index (χ4v) is 4.52. The van der Waals surface area contributed by atoms with Crippen molar-refractivity contribution in [3.8, 4) is 5.75 Å². The van der Waals surface area contributed by atoms with Crippen LogP contribution in [0, 0.1) is 0 Å². The van der Waals surface area contributed by atoms with Crippen molar-refractivity contribution >= 4 is 6.09 Å². The topological polar surface area (TPSA) is 50.8 Å². The Morgan fingerprint density at radius 3 is 2.47 bits per heavy atom. The Balaban J connectivity index is 1.72. The Morgan fingerprint density at radius 1 is 1.13 bits per heavy atom. The highest BCUT2D eigenvalue weighted by Crippen LogP contribution is 2.38. The summed E-state index contributed by atoms with van der Waals surface area (Å²) < 4.78 is 47.3. The number of carbonyl (C=O) groups excluding carboxylic acids is 1. The molecule has 1 saturated carbocycles. The zero-order valence-corrected chi connectivity index (χ0v) is 17.8. The van der Waals surface area contributed by atoms with Crippen molar-refractivity contribution in [2.45, 2.75) is 82.8 Å². The van der Waals surface area contributed by atoms with Crippen molar-refractivity contribution in [1.82, 2.24) is 10.2 Å². The van der Waals surface area contributed by atoms with Crippen LogP contribution in [0.2, 0.25) is 0 Å². The monoisotopic (exact) mass is 428 g/mol. The molecule has 1 heterocycles. The van der Waals surface area contributed by atoms with Crippen LogP contribution in [-0.2, 0) is 4.74 Å². The average molecular weight is 428 g/mol. The second-order valence-corrected chi connectivity index (χ2v) is 9.19. The van der Waals surface area contributed by atoms with Gasteiger partial charge in [-0.25, -0.2) is 4.79 Å². The van der Waals surface area contributed by atoms with E-state index in [4.69, 9.17) is 4.74 Å². The van der Waals surface area contributed by atoms with Gasteiger partial charge in [0.2, 0.25) is 0 Å². The summed E-state index contributed by atoms with van der Waals surface area (Å²) in [7, 11) is 0. The van der Waals surface area contributed by atoms with Crippen LogP contribution in [0.3, 0.4) is 0 Å². The highest BCUT2D eigenvalue weighted by Gasteiger charge is 2.38. The lowest BCUT2D eigenvalue weighted by Gasteiger charge is -2.41. The minimum Gasteiger partial charge on any atom is -0.444 e. The van der Waals surface area contributed by atoms with Crippen molar-refractivity contribution in [2.24, 2.45) is 0 Å². The molecule has 30 heavy (non-hydrogen) atoms. The number of likely N-dealkylation sites (tertiary alicyclic amines) is 1. The van der Waals surface area contributed by atoms with Crippen LogP contribution in [0.25, 0.3) is 0 Å². The summed E-state index contributed by atoms with van der Waals surface area (Å²) >= 11 is 0. The van der Waals surface area contributed by atoms with E-state index in [1.165, 1.54) is 12.1 Å². The quantitative estimate of drug-likeness (QED) is 0.715. The SMILES string of the molecule is CC(C)(C)OC(=O)N[C@H]1CCC(c2cccc(OC(F)(F)F)c2)C[C@@H]1N1CCCC1. The largest absolute Gasteiger partial charge is 0.573 e. The number of hydrogen-bond donors (Lipinski definition) is 1. The van der Waals surface area contributed by atoms with E-state index >= 15 is 0 Å². The molecule has 1 aliphatic carbocycles. The molecule has 1 amide bonds. The summed E-state index contributed by atoms with van der Waals surface area (Å²) in [6.07, 6.45) is -0.585. The summed E-state index contributed by atoms with van der Waals surface area (Å²) in [5.41, 5.74) is 0.278. The van der Waals surface area contributed by atoms with Crippen LogP contribution < -0.4 is 10.1 Å². The van der Waals surface area contributed by atoms with E-state index in [1.54, 1.807) is 6.07 Å². The van der Waals surface area contributed by atoms with Crippen molar-refractivity contribution < 1.29 is 27.4 Å². The molecule has 0 bridgehead atoms. The Bertz CT molecular complexity index is 727. The van der Waals surface area contributed by atoms with E-state index in [1.807, 2.05) is 26.8 Å². The Morgan fingerprint density at radius 2 is 1.83 bits per heavy atom. The highest BCUT2D eigenvalue weighted by atomic mass is 19.4. The Kier molecular flexibility index (Phi) is 6.84. The lowest BCUT2D eigenvalue weighted by atomic mass is 9.78. The maximum Gasteiger partial charge on any atom is 0.573 e. The van der Waals surface area contributed by atoms with Crippen LogP contribution in [0.5, 0.6) is 5.75 Å². The van der Waals surface area contributed by atoms with Gasteiger partial charge in [0, 0.05) is 12.1 Å². The molecule has 3 atom stereocenters. The standard InChI is InChI=1S/C22H31F3N2O3/c1-21(2,3)30-20(28)26-18-10-9-16(14-19(18)27-11-4-5-12-27)15-7-6-8-17(13-15)29-22(23,24)25/h6-8,13,16,18-19H,4-5,9-12,14H2,1-3H3,(H,26,28)/t16?,18-,19-/m0/s1. The lowest BCUT2D eigenvalue weighted by molar-refractivity contribution is -0.274. The third-order valence-electron chi connectivity index (χ3n) is 5.69. The van der Waals surface area contributed by atoms with Crippen LogP contribution in [0.1, 0.15) is 64.4 Å². The second-order valence-electron chi connectivity index (χ2n) is 9.19. The van der Waals surface area contributed by atoms with Gasteiger partial charge < -0.3 is 14.8 Å². The third kappa shape index (κ3) is 6.52. The van der Waals surface area contributed by atoms with Gasteiger partial charge in [-0.15, -0.1) is 13.2 Å². The highest BCUT2D eigenvalue weighted by molar-refractivity contribution is 5.68. The normalized spacial score (nSPS) is 25.7. The van der Waals surface area contributed by atoms with Crippen LogP contribution in [-0.4, -0.2) is 48.1 Å². The number of alkyl carbamates (subject to hydrolysis) is 1. The lowest BCUT2D eigenvalue weighted by Crippen LogP contribution is -2.54. The van der Waals surface area contributed by atoms with Gasteiger partial charge in [0.25, 0.3) is 0 Å². The fourth-order valence-electron chi connectivity index (χ4n) is 4.52. The third-order valence-corrected chi connectivity index (χ3v) is 5.69. The van der Waals surface area contributed by atoms with Crippen LogP contribution in [0.15, 0.2) is 24.3 Å². The number of nitrogens with zero attached hydrogens (tertiary/aromatic N) is 1. The van der Waals surface area contributed by atoms with E-state index < -0.39 is 18.1 Å². The molecule has 168 valence electrons. The number of nitrogens with one attached hydrogen (secondary N) is 1. The molecule has 2 aliphatic rings. The van der Waals surface area contributed by atoms with Gasteiger partial charge in [-0.05, 0) is 89.6 Å². The minimum absolute atomic E-state index is 0.0381. The molecular weight excluding hydrogens is 397 g/mol. The number of benzene rings is 1. The first-order chi connectivity index (χ1) is 14.0. The predicted octanol–water partition coefficient (Wildman–Crippen LogP) is 5.21. The number of carbonyl (C=O) groups is 1. The van der Waals surface area contributed by atoms with Gasteiger partial charge in [-0.2, -0.15) is 0 Å². The first-order valence-corrected chi connectivity index (χ1v) is 10.6. The number of halogens is 3. The minimum atomic E-state index is -4.70. The van der Waals surface area contributed by atoms with E-state index in [0.717, 1.165) is 50.8 Å². The van der Waals surface area contributed by atoms with Gasteiger partial charge in [0.1, 0.15) is 11.4 Å².